The van der Waals surface area contributed by atoms with Crippen LogP contribution in [0.4, 0.5) is 11.4 Å². The van der Waals surface area contributed by atoms with Crippen LogP contribution in [-0.4, -0.2) is 94.8 Å². The molecule has 0 heterocycles. The zero-order valence-corrected chi connectivity index (χ0v) is 28.5. The molecular weight excluding hydrogens is 620 g/mol. The molecule has 14 heteroatoms. The molecule has 2 amide bonds. The Morgan fingerprint density at radius 1 is 0.979 bits per heavy atom. The van der Waals surface area contributed by atoms with Gasteiger partial charge in [-0.2, -0.15) is 0 Å². The fourth-order valence-corrected chi connectivity index (χ4v) is 3.85. The highest BCUT2D eigenvalue weighted by Gasteiger charge is 2.09. The van der Waals surface area contributed by atoms with E-state index in [0.717, 1.165) is 11.8 Å². The number of aliphatic hydroxyl groups is 1. The molecule has 0 saturated heterocycles. The van der Waals surface area contributed by atoms with Gasteiger partial charge in [-0.25, -0.2) is 5.01 Å². The molecule has 0 bridgehead atoms. The van der Waals surface area contributed by atoms with Crippen molar-refractivity contribution in [3.8, 4) is 0 Å². The van der Waals surface area contributed by atoms with E-state index in [4.69, 9.17) is 30.5 Å². The van der Waals surface area contributed by atoms with Crippen LogP contribution in [0.1, 0.15) is 61.0 Å². The van der Waals surface area contributed by atoms with Crippen LogP contribution in [0.2, 0.25) is 0 Å². The summed E-state index contributed by atoms with van der Waals surface area (Å²) in [5.41, 5.74) is 17.9. The molecule has 0 aromatic heterocycles. The van der Waals surface area contributed by atoms with Crippen molar-refractivity contribution in [3.63, 3.8) is 0 Å². The van der Waals surface area contributed by atoms with E-state index in [1.54, 1.807) is 43.6 Å². The minimum Gasteiger partial charge on any atom is -0.399 e. The van der Waals surface area contributed by atoms with E-state index in [-0.39, 0.29) is 51.9 Å². The topological polar surface area (TPSA) is 208 Å². The van der Waals surface area contributed by atoms with Gasteiger partial charge in [-0.15, -0.1) is 0 Å². The number of rotatable bonds is 23. The number of aldehydes is 1. The van der Waals surface area contributed by atoms with Crippen molar-refractivity contribution in [1.29, 1.82) is 0 Å². The average Bonchev–Trinajstić information content (AvgIpc) is 3.08. The number of aliphatic hydroxyl groups excluding tert-OH is 1. The first-order chi connectivity index (χ1) is 23.2. The highest BCUT2D eigenvalue weighted by atomic mass is 16.5. The van der Waals surface area contributed by atoms with Crippen molar-refractivity contribution in [2.45, 2.75) is 52.2 Å². The number of carbonyl (C=O) groups is 4. The second kappa shape index (κ2) is 28.8. The summed E-state index contributed by atoms with van der Waals surface area (Å²) in [7, 11) is 1.66. The molecule has 0 saturated carbocycles. The first kappa shape index (κ1) is 43.7. The molecule has 48 heavy (non-hydrogen) atoms. The van der Waals surface area contributed by atoms with Gasteiger partial charge in [-0.1, -0.05) is 45.2 Å². The number of nitrogens with two attached hydrogens (primary N) is 2. The second-order valence-corrected chi connectivity index (χ2v) is 10.4. The standard InChI is InChI=1S/C28H40N6O7.C5H12.CH2O/c1-34(32-20-36)16-23-14-25(7-4-22(23)17-35)33-28(38)8-10-39-12-13-41-19-26(37)18-40-11-9-31-15-27(30)21-2-5-24(29)6-3-21;1-3-5-4-2;1-2/h2-7,14-15,17,20,26,31,37H,8-13,16,18-19,29-30H2,1H3,(H,32,36)(H,33,38);3-5H2,1-2H3;1H2/b27-15-;;. The number of nitrogens with one attached hydrogen (secondary N) is 3. The third-order valence-corrected chi connectivity index (χ3v) is 6.30. The van der Waals surface area contributed by atoms with Gasteiger partial charge in [-0.05, 0) is 41.5 Å². The molecule has 0 spiro atoms. The first-order valence-corrected chi connectivity index (χ1v) is 15.8. The molecule has 0 radical (unpaired) electrons. The Bertz CT molecular complexity index is 1180. The normalized spacial score (nSPS) is 11.3. The van der Waals surface area contributed by atoms with Gasteiger partial charge in [0.15, 0.2) is 0 Å². The van der Waals surface area contributed by atoms with E-state index < -0.39 is 6.10 Å². The summed E-state index contributed by atoms with van der Waals surface area (Å²) < 4.78 is 16.2. The fourth-order valence-electron chi connectivity index (χ4n) is 3.85. The van der Waals surface area contributed by atoms with Crippen LogP contribution in [0.3, 0.4) is 0 Å². The second-order valence-electron chi connectivity index (χ2n) is 10.4. The number of nitrogens with zero attached hydrogens (tertiary/aromatic N) is 1. The van der Waals surface area contributed by atoms with Crippen molar-refractivity contribution in [3.05, 3.63) is 65.4 Å². The maximum absolute atomic E-state index is 12.2. The molecule has 2 rings (SSSR count). The van der Waals surface area contributed by atoms with E-state index in [9.17, 15) is 19.5 Å². The number of hydrogen-bond donors (Lipinski definition) is 6. The molecule has 8 N–H and O–H groups in total. The van der Waals surface area contributed by atoms with Gasteiger partial charge < -0.3 is 46.2 Å². The lowest BCUT2D eigenvalue weighted by molar-refractivity contribution is -0.117. The van der Waals surface area contributed by atoms with Crippen LogP contribution in [0.25, 0.3) is 5.70 Å². The Kier molecular flexibility index (Phi) is 26.2. The number of unbranched alkanes of at least 4 members (excludes halogenated alkanes) is 2. The third kappa shape index (κ3) is 21.5. The lowest BCUT2D eigenvalue weighted by Crippen LogP contribution is -2.32. The van der Waals surface area contributed by atoms with Crippen LogP contribution < -0.4 is 27.5 Å². The molecule has 0 aliphatic carbocycles. The highest BCUT2D eigenvalue weighted by Crippen LogP contribution is 2.16. The Labute approximate surface area is 284 Å². The summed E-state index contributed by atoms with van der Waals surface area (Å²) in [6, 6.07) is 12.2. The van der Waals surface area contributed by atoms with Crippen LogP contribution >= 0.6 is 0 Å². The highest BCUT2D eigenvalue weighted by molar-refractivity contribution is 5.91. The Balaban J connectivity index is 0.00000287. The van der Waals surface area contributed by atoms with Gasteiger partial charge in [0.25, 0.3) is 0 Å². The number of carbonyl (C=O) groups excluding carboxylic acids is 4. The van der Waals surface area contributed by atoms with Gasteiger partial charge in [0, 0.05) is 43.3 Å². The van der Waals surface area contributed by atoms with Gasteiger partial charge in [0.2, 0.25) is 12.3 Å². The van der Waals surface area contributed by atoms with Gasteiger partial charge in [-0.3, -0.25) is 19.8 Å². The number of nitrogen functional groups attached to an aromatic ring is 1. The zero-order chi connectivity index (χ0) is 36.0. The molecule has 268 valence electrons. The Morgan fingerprint density at radius 3 is 2.23 bits per heavy atom. The number of hydrazine groups is 1. The van der Waals surface area contributed by atoms with Crippen LogP contribution in [-0.2, 0) is 35.1 Å². The maximum Gasteiger partial charge on any atom is 0.226 e. The Morgan fingerprint density at radius 2 is 1.62 bits per heavy atom. The monoisotopic (exact) mass is 674 g/mol. The molecular formula is C34H54N6O8. The lowest BCUT2D eigenvalue weighted by Gasteiger charge is -2.17. The molecule has 1 atom stereocenters. The number of anilines is 2. The maximum atomic E-state index is 12.2. The van der Waals surface area contributed by atoms with Crippen molar-refractivity contribution < 1.29 is 38.5 Å². The Hall–Kier alpha value is -4.34. The summed E-state index contributed by atoms with van der Waals surface area (Å²) >= 11 is 0. The van der Waals surface area contributed by atoms with Gasteiger partial charge in [0.1, 0.15) is 19.2 Å². The van der Waals surface area contributed by atoms with E-state index in [0.29, 0.717) is 47.8 Å². The SMILES string of the molecule is C=O.CCCCC.CN(Cc1cc(NC(=O)CCOCCOCC(O)COCCN/C=C(\N)c2ccc(N)cc2)ccc1C=O)NC=O. The predicted octanol–water partition coefficient (Wildman–Crippen LogP) is 2.47. The predicted molar refractivity (Wildman–Crippen MR) is 188 cm³/mol. The number of ether oxygens (including phenoxy) is 3. The number of benzene rings is 2. The van der Waals surface area contributed by atoms with E-state index in [2.05, 4.69) is 29.9 Å². The number of hydrogen-bond acceptors (Lipinski definition) is 12. The number of amides is 2. The fraction of sp³-hybridized carbons (Fsp3) is 0.471. The van der Waals surface area contributed by atoms with E-state index in [1.165, 1.54) is 24.3 Å². The van der Waals surface area contributed by atoms with Crippen LogP contribution in [0, 0.1) is 0 Å². The van der Waals surface area contributed by atoms with Crippen LogP contribution in [0.15, 0.2) is 48.7 Å². The molecule has 2 aromatic rings. The minimum absolute atomic E-state index is 0.0952. The summed E-state index contributed by atoms with van der Waals surface area (Å²) in [6.07, 6.45) is 6.37. The summed E-state index contributed by atoms with van der Waals surface area (Å²) in [6.45, 7) is 8.55. The lowest BCUT2D eigenvalue weighted by atomic mass is 10.1. The summed E-state index contributed by atoms with van der Waals surface area (Å²) in [4.78, 5) is 42.1. The minimum atomic E-state index is -0.777. The van der Waals surface area contributed by atoms with Crippen molar-refractivity contribution in [2.24, 2.45) is 5.73 Å². The third-order valence-electron chi connectivity index (χ3n) is 6.30. The smallest absolute Gasteiger partial charge is 0.226 e. The first-order valence-electron chi connectivity index (χ1n) is 15.8. The average molecular weight is 675 g/mol. The van der Waals surface area contributed by atoms with Crippen LogP contribution in [0.5, 0.6) is 0 Å². The molecule has 0 aliphatic heterocycles. The summed E-state index contributed by atoms with van der Waals surface area (Å²) in [5, 5.41) is 17.3. The van der Waals surface area contributed by atoms with Gasteiger partial charge >= 0.3 is 0 Å². The molecule has 2 aromatic carbocycles. The van der Waals surface area contributed by atoms with Gasteiger partial charge in [0.05, 0.1) is 51.8 Å². The molecule has 1 unspecified atom stereocenters. The van der Waals surface area contributed by atoms with Crippen molar-refractivity contribution in [2.75, 3.05) is 64.3 Å². The molecule has 14 nitrogen and oxygen atoms in total. The quantitative estimate of drug-likeness (QED) is 0.0435. The molecule has 0 fully saturated rings. The summed E-state index contributed by atoms with van der Waals surface area (Å²) in [5.74, 6) is -0.249. The van der Waals surface area contributed by atoms with Crippen molar-refractivity contribution in [1.82, 2.24) is 15.8 Å². The van der Waals surface area contributed by atoms with E-state index >= 15 is 0 Å². The largest absolute Gasteiger partial charge is 0.399 e. The molecule has 0 aliphatic rings. The zero-order valence-electron chi connectivity index (χ0n) is 28.5. The van der Waals surface area contributed by atoms with E-state index in [1.807, 2.05) is 18.9 Å². The van der Waals surface area contributed by atoms with Crippen molar-refractivity contribution >= 4 is 42.5 Å².